The SMILES string of the molecule is NCC1(C(=O)Nc2cnc(Br)cn2)CCCCC1. The average Bonchev–Trinajstić information content (AvgIpc) is 2.42. The van der Waals surface area contributed by atoms with Crippen LogP contribution in [-0.4, -0.2) is 22.4 Å². The molecule has 1 fully saturated rings. The van der Waals surface area contributed by atoms with Crippen molar-refractivity contribution >= 4 is 27.7 Å². The smallest absolute Gasteiger partial charge is 0.233 e. The van der Waals surface area contributed by atoms with Crippen molar-refractivity contribution < 1.29 is 4.79 Å². The van der Waals surface area contributed by atoms with Crippen LogP contribution < -0.4 is 11.1 Å². The summed E-state index contributed by atoms with van der Waals surface area (Å²) in [4.78, 5) is 20.5. The van der Waals surface area contributed by atoms with Gasteiger partial charge in [-0.25, -0.2) is 9.97 Å². The van der Waals surface area contributed by atoms with Gasteiger partial charge in [0.1, 0.15) is 4.60 Å². The summed E-state index contributed by atoms with van der Waals surface area (Å²) >= 11 is 3.21. The number of carbonyl (C=O) groups excluding carboxylic acids is 1. The second kappa shape index (κ2) is 5.75. The van der Waals surface area contributed by atoms with Crippen LogP contribution >= 0.6 is 15.9 Å². The summed E-state index contributed by atoms with van der Waals surface area (Å²) in [6.07, 6.45) is 8.14. The second-order valence-electron chi connectivity index (χ2n) is 4.72. The Morgan fingerprint density at radius 3 is 2.61 bits per heavy atom. The van der Waals surface area contributed by atoms with Crippen LogP contribution in [-0.2, 0) is 4.79 Å². The van der Waals surface area contributed by atoms with Gasteiger partial charge in [-0.1, -0.05) is 19.3 Å². The van der Waals surface area contributed by atoms with Gasteiger partial charge in [-0.15, -0.1) is 0 Å². The molecule has 18 heavy (non-hydrogen) atoms. The Morgan fingerprint density at radius 2 is 2.06 bits per heavy atom. The van der Waals surface area contributed by atoms with E-state index in [0.717, 1.165) is 25.7 Å². The number of halogens is 1. The molecule has 0 saturated heterocycles. The molecule has 3 N–H and O–H groups in total. The molecule has 0 radical (unpaired) electrons. The molecule has 1 amide bonds. The zero-order chi connectivity index (χ0) is 13.0. The van der Waals surface area contributed by atoms with E-state index in [1.807, 2.05) is 0 Å². The highest BCUT2D eigenvalue weighted by Crippen LogP contribution is 2.36. The van der Waals surface area contributed by atoms with E-state index in [4.69, 9.17) is 5.73 Å². The minimum absolute atomic E-state index is 0.0266. The Balaban J connectivity index is 2.07. The summed E-state index contributed by atoms with van der Waals surface area (Å²) in [5.74, 6) is 0.447. The number of rotatable bonds is 3. The fourth-order valence-corrected chi connectivity index (χ4v) is 2.58. The van der Waals surface area contributed by atoms with E-state index in [1.54, 1.807) is 6.20 Å². The Hall–Kier alpha value is -1.01. The molecule has 0 aromatic carbocycles. The Bertz CT molecular complexity index is 415. The van der Waals surface area contributed by atoms with Gasteiger partial charge in [0.15, 0.2) is 5.82 Å². The van der Waals surface area contributed by atoms with Crippen LogP contribution in [0.5, 0.6) is 0 Å². The molecule has 0 unspecified atom stereocenters. The minimum atomic E-state index is -0.424. The van der Waals surface area contributed by atoms with Crippen molar-refractivity contribution in [1.29, 1.82) is 0 Å². The van der Waals surface area contributed by atoms with Gasteiger partial charge in [-0.05, 0) is 28.8 Å². The van der Waals surface area contributed by atoms with Crippen LogP contribution in [0.3, 0.4) is 0 Å². The van der Waals surface area contributed by atoms with Crippen LogP contribution in [0.15, 0.2) is 17.0 Å². The number of amides is 1. The monoisotopic (exact) mass is 312 g/mol. The summed E-state index contributed by atoms with van der Waals surface area (Å²) in [6, 6.07) is 0. The van der Waals surface area contributed by atoms with Gasteiger partial charge in [0.25, 0.3) is 0 Å². The largest absolute Gasteiger partial charge is 0.329 e. The van der Waals surface area contributed by atoms with Gasteiger partial charge in [0.05, 0.1) is 17.8 Å². The molecular weight excluding hydrogens is 296 g/mol. The molecule has 0 spiro atoms. The van der Waals surface area contributed by atoms with Crippen molar-refractivity contribution in [3.05, 3.63) is 17.0 Å². The number of hydrogen-bond acceptors (Lipinski definition) is 4. The number of nitrogens with one attached hydrogen (secondary N) is 1. The van der Waals surface area contributed by atoms with E-state index in [1.165, 1.54) is 12.6 Å². The third-order valence-electron chi connectivity index (χ3n) is 3.55. The van der Waals surface area contributed by atoms with Crippen LogP contribution in [0.25, 0.3) is 0 Å². The van der Waals surface area contributed by atoms with E-state index in [0.29, 0.717) is 17.0 Å². The molecule has 98 valence electrons. The fraction of sp³-hybridized carbons (Fsp3) is 0.583. The maximum atomic E-state index is 12.3. The number of nitrogens with two attached hydrogens (primary N) is 1. The minimum Gasteiger partial charge on any atom is -0.329 e. The van der Waals surface area contributed by atoms with Crippen molar-refractivity contribution in [3.63, 3.8) is 0 Å². The first-order valence-electron chi connectivity index (χ1n) is 6.15. The summed E-state index contributed by atoms with van der Waals surface area (Å²) in [5, 5.41) is 2.82. The molecule has 6 heteroatoms. The molecule has 1 heterocycles. The molecule has 5 nitrogen and oxygen atoms in total. The molecule has 0 aliphatic heterocycles. The quantitative estimate of drug-likeness (QED) is 0.895. The van der Waals surface area contributed by atoms with Gasteiger partial charge < -0.3 is 11.1 Å². The van der Waals surface area contributed by atoms with Gasteiger partial charge in [0, 0.05) is 6.54 Å². The normalized spacial score (nSPS) is 18.3. The van der Waals surface area contributed by atoms with Crippen molar-refractivity contribution in [2.24, 2.45) is 11.1 Å². The maximum absolute atomic E-state index is 12.3. The maximum Gasteiger partial charge on any atom is 0.233 e. The first kappa shape index (κ1) is 13.4. The van der Waals surface area contributed by atoms with Crippen molar-refractivity contribution in [1.82, 2.24) is 9.97 Å². The molecule has 1 saturated carbocycles. The van der Waals surface area contributed by atoms with Crippen molar-refractivity contribution in [3.8, 4) is 0 Å². The number of carbonyl (C=O) groups is 1. The summed E-state index contributed by atoms with van der Waals surface area (Å²) in [5.41, 5.74) is 5.39. The lowest BCUT2D eigenvalue weighted by Gasteiger charge is -2.34. The number of anilines is 1. The molecule has 1 aromatic rings. The van der Waals surface area contributed by atoms with E-state index >= 15 is 0 Å². The highest BCUT2D eigenvalue weighted by atomic mass is 79.9. The van der Waals surface area contributed by atoms with Crippen molar-refractivity contribution in [2.45, 2.75) is 32.1 Å². The molecular formula is C12H17BrN4O. The van der Waals surface area contributed by atoms with E-state index in [2.05, 4.69) is 31.2 Å². The molecule has 2 rings (SSSR count). The zero-order valence-corrected chi connectivity index (χ0v) is 11.7. The highest BCUT2D eigenvalue weighted by Gasteiger charge is 2.38. The van der Waals surface area contributed by atoms with Gasteiger partial charge in [0.2, 0.25) is 5.91 Å². The summed E-state index contributed by atoms with van der Waals surface area (Å²) in [7, 11) is 0. The standard InChI is InChI=1S/C12H17BrN4O/c13-9-6-16-10(7-15-9)17-11(18)12(8-14)4-2-1-3-5-12/h6-7H,1-5,8,14H2,(H,16,17,18). The first-order chi connectivity index (χ1) is 8.66. The van der Waals surface area contributed by atoms with E-state index < -0.39 is 5.41 Å². The second-order valence-corrected chi connectivity index (χ2v) is 5.54. The highest BCUT2D eigenvalue weighted by molar-refractivity contribution is 9.10. The Kier molecular flexibility index (Phi) is 4.29. The Morgan fingerprint density at radius 1 is 1.33 bits per heavy atom. The van der Waals surface area contributed by atoms with Crippen LogP contribution in [0.2, 0.25) is 0 Å². The van der Waals surface area contributed by atoms with Crippen LogP contribution in [0.1, 0.15) is 32.1 Å². The predicted octanol–water partition coefficient (Wildman–Crippen LogP) is 2.09. The van der Waals surface area contributed by atoms with E-state index in [9.17, 15) is 4.79 Å². The Labute approximate surface area is 115 Å². The molecule has 1 aromatic heterocycles. The number of hydrogen-bond donors (Lipinski definition) is 2. The van der Waals surface area contributed by atoms with Gasteiger partial charge >= 0.3 is 0 Å². The lowest BCUT2D eigenvalue weighted by Crippen LogP contribution is -2.44. The lowest BCUT2D eigenvalue weighted by molar-refractivity contribution is -0.126. The average molecular weight is 313 g/mol. The van der Waals surface area contributed by atoms with Crippen LogP contribution in [0.4, 0.5) is 5.82 Å². The van der Waals surface area contributed by atoms with Gasteiger partial charge in [-0.2, -0.15) is 0 Å². The molecule has 0 atom stereocenters. The summed E-state index contributed by atoms with van der Waals surface area (Å²) in [6.45, 7) is 0.392. The third-order valence-corrected chi connectivity index (χ3v) is 3.95. The summed E-state index contributed by atoms with van der Waals surface area (Å²) < 4.78 is 0.645. The van der Waals surface area contributed by atoms with Crippen molar-refractivity contribution in [2.75, 3.05) is 11.9 Å². The number of aromatic nitrogens is 2. The zero-order valence-electron chi connectivity index (χ0n) is 10.2. The van der Waals surface area contributed by atoms with E-state index in [-0.39, 0.29) is 5.91 Å². The lowest BCUT2D eigenvalue weighted by atomic mass is 9.73. The number of nitrogens with zero attached hydrogens (tertiary/aromatic N) is 2. The van der Waals surface area contributed by atoms with Gasteiger partial charge in [-0.3, -0.25) is 4.79 Å². The molecule has 1 aliphatic rings. The molecule has 0 bridgehead atoms. The van der Waals surface area contributed by atoms with Crippen LogP contribution in [0, 0.1) is 5.41 Å². The third kappa shape index (κ3) is 2.87. The predicted molar refractivity (Wildman–Crippen MR) is 72.9 cm³/mol. The first-order valence-corrected chi connectivity index (χ1v) is 6.95. The fourth-order valence-electron chi connectivity index (χ4n) is 2.38. The topological polar surface area (TPSA) is 80.9 Å². The molecule has 1 aliphatic carbocycles.